The normalized spacial score (nSPS) is 10.7. The number of carbonyl (C=O) groups is 1. The molecule has 5 nitrogen and oxygen atoms in total. The third kappa shape index (κ3) is 4.10. The van der Waals surface area contributed by atoms with Crippen LogP contribution in [0.15, 0.2) is 42.5 Å². The largest absolute Gasteiger partial charge is 0.495 e. The Bertz CT molecular complexity index is 985. The van der Waals surface area contributed by atoms with Gasteiger partial charge in [-0.3, -0.25) is 4.79 Å². The van der Waals surface area contributed by atoms with E-state index in [1.54, 1.807) is 23.7 Å². The molecule has 0 aliphatic carbocycles. The van der Waals surface area contributed by atoms with Gasteiger partial charge in [0, 0.05) is 11.1 Å². The van der Waals surface area contributed by atoms with Crippen molar-refractivity contribution in [1.29, 1.82) is 0 Å². The number of amides is 1. The Morgan fingerprint density at radius 1 is 1.19 bits per heavy atom. The monoisotopic (exact) mass is 403 g/mol. The summed E-state index contributed by atoms with van der Waals surface area (Å²) < 4.78 is 6.93. The molecule has 1 aromatic heterocycles. The quantitative estimate of drug-likeness (QED) is 0.643. The molecular weight excluding hydrogens is 385 g/mol. The summed E-state index contributed by atoms with van der Waals surface area (Å²) in [6.45, 7) is 4.09. The predicted octanol–water partition coefficient (Wildman–Crippen LogP) is 5.12. The number of methoxy groups -OCH3 is 1. The van der Waals surface area contributed by atoms with Gasteiger partial charge in [0.2, 0.25) is 0 Å². The SMILES string of the molecule is COc1cc(Cl)c(C)cc1NC(=O)c1c(C)nn(Cc2ccccc2)c1Cl. The highest BCUT2D eigenvalue weighted by Crippen LogP contribution is 2.32. The van der Waals surface area contributed by atoms with Crippen LogP contribution in [0, 0.1) is 13.8 Å². The summed E-state index contributed by atoms with van der Waals surface area (Å²) in [4.78, 5) is 12.8. The van der Waals surface area contributed by atoms with E-state index in [0.29, 0.717) is 39.4 Å². The smallest absolute Gasteiger partial charge is 0.260 e. The van der Waals surface area contributed by atoms with Crippen molar-refractivity contribution in [2.24, 2.45) is 0 Å². The topological polar surface area (TPSA) is 56.1 Å². The Kier molecular flexibility index (Phi) is 5.73. The molecule has 0 radical (unpaired) electrons. The molecule has 7 heteroatoms. The zero-order valence-electron chi connectivity index (χ0n) is 15.2. The molecule has 0 aliphatic heterocycles. The number of halogens is 2. The van der Waals surface area contributed by atoms with E-state index in [1.807, 2.05) is 37.3 Å². The lowest BCUT2D eigenvalue weighted by Gasteiger charge is -2.12. The van der Waals surface area contributed by atoms with Gasteiger partial charge in [-0.15, -0.1) is 0 Å². The molecule has 0 aliphatic rings. The molecule has 0 fully saturated rings. The van der Waals surface area contributed by atoms with Gasteiger partial charge in [-0.2, -0.15) is 5.10 Å². The van der Waals surface area contributed by atoms with E-state index >= 15 is 0 Å². The Labute approximate surface area is 167 Å². The fourth-order valence-corrected chi connectivity index (χ4v) is 3.26. The Hall–Kier alpha value is -2.50. The molecule has 0 bridgehead atoms. The first kappa shape index (κ1) is 19.3. The number of nitrogens with one attached hydrogen (secondary N) is 1. The second-order valence-corrected chi connectivity index (χ2v) is 6.92. The number of rotatable bonds is 5. The van der Waals surface area contributed by atoms with Gasteiger partial charge in [0.25, 0.3) is 5.91 Å². The second kappa shape index (κ2) is 8.03. The lowest BCUT2D eigenvalue weighted by molar-refractivity contribution is 0.102. The highest BCUT2D eigenvalue weighted by atomic mass is 35.5. The molecule has 3 rings (SSSR count). The summed E-state index contributed by atoms with van der Waals surface area (Å²) in [6, 6.07) is 13.2. The molecule has 1 amide bonds. The van der Waals surface area contributed by atoms with E-state index < -0.39 is 0 Å². The molecule has 0 spiro atoms. The van der Waals surface area contributed by atoms with Gasteiger partial charge in [-0.05, 0) is 31.0 Å². The molecule has 3 aromatic rings. The van der Waals surface area contributed by atoms with E-state index in [-0.39, 0.29) is 5.91 Å². The molecule has 2 aromatic carbocycles. The lowest BCUT2D eigenvalue weighted by Crippen LogP contribution is -2.14. The van der Waals surface area contributed by atoms with Crippen molar-refractivity contribution < 1.29 is 9.53 Å². The number of carbonyl (C=O) groups excluding carboxylic acids is 1. The van der Waals surface area contributed by atoms with Crippen molar-refractivity contribution in [1.82, 2.24) is 9.78 Å². The third-order valence-electron chi connectivity index (χ3n) is 4.20. The number of hydrogen-bond donors (Lipinski definition) is 1. The molecule has 0 atom stereocenters. The maximum atomic E-state index is 12.8. The summed E-state index contributed by atoms with van der Waals surface area (Å²) in [6.07, 6.45) is 0. The highest BCUT2D eigenvalue weighted by molar-refractivity contribution is 6.34. The van der Waals surface area contributed by atoms with Crippen molar-refractivity contribution in [3.63, 3.8) is 0 Å². The fourth-order valence-electron chi connectivity index (χ4n) is 2.79. The first-order valence-electron chi connectivity index (χ1n) is 8.33. The van der Waals surface area contributed by atoms with Gasteiger partial charge in [0.05, 0.1) is 30.6 Å². The van der Waals surface area contributed by atoms with E-state index in [1.165, 1.54) is 7.11 Å². The van der Waals surface area contributed by atoms with Crippen molar-refractivity contribution >= 4 is 34.8 Å². The van der Waals surface area contributed by atoms with Crippen LogP contribution in [0.5, 0.6) is 5.75 Å². The van der Waals surface area contributed by atoms with Crippen molar-refractivity contribution in [2.45, 2.75) is 20.4 Å². The van der Waals surface area contributed by atoms with Crippen LogP contribution >= 0.6 is 23.2 Å². The van der Waals surface area contributed by atoms with Crippen LogP contribution in [0.2, 0.25) is 10.2 Å². The van der Waals surface area contributed by atoms with Crippen molar-refractivity contribution in [3.8, 4) is 5.75 Å². The Morgan fingerprint density at radius 3 is 2.56 bits per heavy atom. The van der Waals surface area contributed by atoms with Gasteiger partial charge >= 0.3 is 0 Å². The number of nitrogens with zero attached hydrogens (tertiary/aromatic N) is 2. The Balaban J connectivity index is 1.89. The minimum absolute atomic E-state index is 0.290. The van der Waals surface area contributed by atoms with Crippen LogP contribution in [0.1, 0.15) is 27.2 Å². The summed E-state index contributed by atoms with van der Waals surface area (Å²) in [7, 11) is 1.52. The minimum atomic E-state index is -0.350. The number of benzene rings is 2. The molecule has 0 saturated carbocycles. The van der Waals surface area contributed by atoms with E-state index in [0.717, 1.165) is 11.1 Å². The van der Waals surface area contributed by atoms with E-state index in [2.05, 4.69) is 10.4 Å². The van der Waals surface area contributed by atoms with Crippen LogP contribution in [0.25, 0.3) is 0 Å². The third-order valence-corrected chi connectivity index (χ3v) is 4.99. The molecule has 1 N–H and O–H groups in total. The number of ether oxygens (including phenoxy) is 1. The average molecular weight is 404 g/mol. The molecule has 140 valence electrons. The number of hydrogen-bond acceptors (Lipinski definition) is 3. The van der Waals surface area contributed by atoms with Crippen LogP contribution in [0.4, 0.5) is 5.69 Å². The molecule has 1 heterocycles. The maximum Gasteiger partial charge on any atom is 0.260 e. The van der Waals surface area contributed by atoms with Crippen LogP contribution in [-0.2, 0) is 6.54 Å². The van der Waals surface area contributed by atoms with Gasteiger partial charge in [-0.25, -0.2) is 4.68 Å². The zero-order chi connectivity index (χ0) is 19.6. The summed E-state index contributed by atoms with van der Waals surface area (Å²) in [5.41, 5.74) is 3.29. The standard InChI is InChI=1S/C20H19Cl2N3O2/c1-12-9-16(17(27-3)10-15(12)21)23-20(26)18-13(2)24-25(19(18)22)11-14-7-5-4-6-8-14/h4-10H,11H2,1-3H3,(H,23,26). The Morgan fingerprint density at radius 2 is 1.89 bits per heavy atom. The first-order chi connectivity index (χ1) is 12.9. The van der Waals surface area contributed by atoms with Gasteiger partial charge < -0.3 is 10.1 Å². The highest BCUT2D eigenvalue weighted by Gasteiger charge is 2.22. The number of aromatic nitrogens is 2. The molecular formula is C20H19Cl2N3O2. The molecule has 27 heavy (non-hydrogen) atoms. The molecule has 0 unspecified atom stereocenters. The van der Waals surface area contributed by atoms with E-state index in [4.69, 9.17) is 27.9 Å². The summed E-state index contributed by atoms with van der Waals surface area (Å²) in [5.74, 6) is 0.126. The minimum Gasteiger partial charge on any atom is -0.495 e. The van der Waals surface area contributed by atoms with Gasteiger partial charge in [0.15, 0.2) is 0 Å². The van der Waals surface area contributed by atoms with Crippen LogP contribution < -0.4 is 10.1 Å². The first-order valence-corrected chi connectivity index (χ1v) is 9.08. The zero-order valence-corrected chi connectivity index (χ0v) is 16.7. The average Bonchev–Trinajstić information content (AvgIpc) is 2.92. The number of aryl methyl sites for hydroxylation is 2. The van der Waals surface area contributed by atoms with Gasteiger partial charge in [-0.1, -0.05) is 53.5 Å². The predicted molar refractivity (Wildman–Crippen MR) is 108 cm³/mol. The van der Waals surface area contributed by atoms with E-state index in [9.17, 15) is 4.79 Å². The van der Waals surface area contributed by atoms with Crippen LogP contribution in [0.3, 0.4) is 0 Å². The number of anilines is 1. The summed E-state index contributed by atoms with van der Waals surface area (Å²) in [5, 5.41) is 8.11. The maximum absolute atomic E-state index is 12.8. The molecule has 0 saturated heterocycles. The van der Waals surface area contributed by atoms with Crippen molar-refractivity contribution in [3.05, 3.63) is 75.0 Å². The fraction of sp³-hybridized carbons (Fsp3) is 0.200. The van der Waals surface area contributed by atoms with Crippen LogP contribution in [-0.4, -0.2) is 22.8 Å². The summed E-state index contributed by atoms with van der Waals surface area (Å²) >= 11 is 12.6. The second-order valence-electron chi connectivity index (χ2n) is 6.15. The lowest BCUT2D eigenvalue weighted by atomic mass is 10.2. The van der Waals surface area contributed by atoms with Crippen molar-refractivity contribution in [2.75, 3.05) is 12.4 Å². The van der Waals surface area contributed by atoms with Gasteiger partial charge in [0.1, 0.15) is 10.9 Å².